The number of ether oxygens (including phenoxy) is 1. The molecule has 0 aliphatic rings. The van der Waals surface area contributed by atoms with Gasteiger partial charge in [0.05, 0.1) is 13.1 Å². The van der Waals surface area contributed by atoms with E-state index in [0.717, 1.165) is 11.4 Å². The summed E-state index contributed by atoms with van der Waals surface area (Å²) < 4.78 is 5.48. The zero-order valence-electron chi connectivity index (χ0n) is 11.5. The van der Waals surface area contributed by atoms with Crippen molar-refractivity contribution in [2.75, 3.05) is 25.0 Å². The molecule has 0 unspecified atom stereocenters. The van der Waals surface area contributed by atoms with Crippen LogP contribution in [0.2, 0.25) is 5.02 Å². The summed E-state index contributed by atoms with van der Waals surface area (Å²) in [4.78, 5) is 11.6. The van der Waals surface area contributed by atoms with Crippen molar-refractivity contribution in [1.82, 2.24) is 5.32 Å². The molecular weight excluding hydrogens is 288 g/mol. The van der Waals surface area contributed by atoms with Gasteiger partial charge in [-0.3, -0.25) is 4.79 Å². The fourth-order valence-electron chi connectivity index (χ4n) is 1.69. The third-order valence-electron chi connectivity index (χ3n) is 2.73. The Hall–Kier alpha value is -2.20. The van der Waals surface area contributed by atoms with Gasteiger partial charge in [-0.25, -0.2) is 0 Å². The van der Waals surface area contributed by atoms with Crippen molar-refractivity contribution in [1.29, 1.82) is 0 Å². The molecule has 110 valence electrons. The average Bonchev–Trinajstić information content (AvgIpc) is 2.52. The minimum atomic E-state index is -0.0818. The van der Waals surface area contributed by atoms with Gasteiger partial charge in [-0.1, -0.05) is 29.8 Å². The quantitative estimate of drug-likeness (QED) is 0.773. The number of hydrogen-bond donors (Lipinski definition) is 2. The summed E-state index contributed by atoms with van der Waals surface area (Å²) in [5.41, 5.74) is 0.857. The maximum Gasteiger partial charge on any atom is 0.239 e. The Morgan fingerprint density at radius 2 is 1.76 bits per heavy atom. The van der Waals surface area contributed by atoms with E-state index < -0.39 is 0 Å². The van der Waals surface area contributed by atoms with Gasteiger partial charge in [0.1, 0.15) is 12.4 Å². The summed E-state index contributed by atoms with van der Waals surface area (Å²) in [7, 11) is 0. The smallest absolute Gasteiger partial charge is 0.239 e. The van der Waals surface area contributed by atoms with E-state index in [1.807, 2.05) is 42.5 Å². The Labute approximate surface area is 129 Å². The molecule has 0 spiro atoms. The van der Waals surface area contributed by atoms with Gasteiger partial charge in [0, 0.05) is 10.7 Å². The highest BCUT2D eigenvalue weighted by Crippen LogP contribution is 2.12. The van der Waals surface area contributed by atoms with Crippen LogP contribution in [-0.2, 0) is 4.79 Å². The van der Waals surface area contributed by atoms with Gasteiger partial charge in [0.2, 0.25) is 5.91 Å². The van der Waals surface area contributed by atoms with E-state index in [1.165, 1.54) is 0 Å². The van der Waals surface area contributed by atoms with E-state index in [4.69, 9.17) is 16.3 Å². The van der Waals surface area contributed by atoms with Crippen LogP contribution >= 0.6 is 11.6 Å². The number of hydrogen-bond acceptors (Lipinski definition) is 3. The van der Waals surface area contributed by atoms with E-state index in [0.29, 0.717) is 18.2 Å². The van der Waals surface area contributed by atoms with Crippen LogP contribution in [0.15, 0.2) is 54.6 Å². The van der Waals surface area contributed by atoms with Gasteiger partial charge in [0.25, 0.3) is 0 Å². The summed E-state index contributed by atoms with van der Waals surface area (Å²) in [5, 5.41) is 6.47. The number of rotatable bonds is 7. The van der Waals surface area contributed by atoms with Gasteiger partial charge in [0.15, 0.2) is 0 Å². The first-order chi connectivity index (χ1) is 10.2. The number of nitrogens with one attached hydrogen (secondary N) is 2. The standard InChI is InChI=1S/C16H17ClN2O2/c17-13-6-8-14(9-7-13)19-12-16(20)18-10-11-21-15-4-2-1-3-5-15/h1-9,19H,10-12H2,(H,18,20). The van der Waals surface area contributed by atoms with Gasteiger partial charge in [-0.05, 0) is 36.4 Å². The zero-order chi connectivity index (χ0) is 14.9. The molecule has 21 heavy (non-hydrogen) atoms. The molecule has 2 rings (SSSR count). The Kier molecular flexibility index (Phi) is 5.91. The number of anilines is 1. The summed E-state index contributed by atoms with van der Waals surface area (Å²) in [6, 6.07) is 16.7. The number of amides is 1. The lowest BCUT2D eigenvalue weighted by Gasteiger charge is -2.09. The van der Waals surface area contributed by atoms with Crippen LogP contribution in [0.25, 0.3) is 0 Å². The van der Waals surface area contributed by atoms with Crippen LogP contribution in [0.4, 0.5) is 5.69 Å². The predicted octanol–water partition coefficient (Wildman–Crippen LogP) is 2.95. The van der Waals surface area contributed by atoms with Crippen LogP contribution in [0, 0.1) is 0 Å². The molecule has 2 N–H and O–H groups in total. The SMILES string of the molecule is O=C(CNc1ccc(Cl)cc1)NCCOc1ccccc1. The first kappa shape index (κ1) is 15.2. The van der Waals surface area contributed by atoms with Crippen molar-refractivity contribution in [3.63, 3.8) is 0 Å². The van der Waals surface area contributed by atoms with Crippen LogP contribution in [0.5, 0.6) is 5.75 Å². The highest BCUT2D eigenvalue weighted by molar-refractivity contribution is 6.30. The highest BCUT2D eigenvalue weighted by Gasteiger charge is 2.00. The molecule has 0 aliphatic heterocycles. The normalized spacial score (nSPS) is 9.95. The first-order valence-corrected chi connectivity index (χ1v) is 7.06. The Balaban J connectivity index is 1.60. The lowest BCUT2D eigenvalue weighted by atomic mass is 10.3. The molecule has 1 amide bonds. The Bertz CT molecular complexity index is 558. The molecule has 0 heterocycles. The lowest BCUT2D eigenvalue weighted by Crippen LogP contribution is -2.32. The second-order valence-corrected chi connectivity index (χ2v) is 4.81. The van der Waals surface area contributed by atoms with Gasteiger partial charge >= 0.3 is 0 Å². The first-order valence-electron chi connectivity index (χ1n) is 6.68. The maximum absolute atomic E-state index is 11.6. The molecule has 0 bridgehead atoms. The van der Waals surface area contributed by atoms with Crippen molar-refractivity contribution in [3.05, 3.63) is 59.6 Å². The van der Waals surface area contributed by atoms with E-state index in [9.17, 15) is 4.79 Å². The molecule has 4 nitrogen and oxygen atoms in total. The summed E-state index contributed by atoms with van der Waals surface area (Å²) in [5.74, 6) is 0.715. The fraction of sp³-hybridized carbons (Fsp3) is 0.188. The molecule has 0 radical (unpaired) electrons. The van der Waals surface area contributed by atoms with Crippen molar-refractivity contribution >= 4 is 23.2 Å². The van der Waals surface area contributed by atoms with Crippen molar-refractivity contribution in [3.8, 4) is 5.75 Å². The molecule has 0 aliphatic carbocycles. The van der Waals surface area contributed by atoms with Crippen LogP contribution in [0.3, 0.4) is 0 Å². The molecule has 5 heteroatoms. The third kappa shape index (κ3) is 5.75. The second-order valence-electron chi connectivity index (χ2n) is 4.37. The molecular formula is C16H17ClN2O2. The predicted molar refractivity (Wildman–Crippen MR) is 84.9 cm³/mol. The van der Waals surface area contributed by atoms with Crippen molar-refractivity contribution < 1.29 is 9.53 Å². The van der Waals surface area contributed by atoms with Crippen LogP contribution in [0.1, 0.15) is 0 Å². The maximum atomic E-state index is 11.6. The Morgan fingerprint density at radius 3 is 2.48 bits per heavy atom. The number of benzene rings is 2. The average molecular weight is 305 g/mol. The van der Waals surface area contributed by atoms with Crippen LogP contribution < -0.4 is 15.4 Å². The molecule has 2 aromatic carbocycles. The topological polar surface area (TPSA) is 50.4 Å². The third-order valence-corrected chi connectivity index (χ3v) is 2.99. The summed E-state index contributed by atoms with van der Waals surface area (Å²) in [6.45, 7) is 1.12. The monoisotopic (exact) mass is 304 g/mol. The van der Waals surface area contributed by atoms with E-state index >= 15 is 0 Å². The number of halogens is 1. The minimum absolute atomic E-state index is 0.0818. The second kappa shape index (κ2) is 8.17. The summed E-state index contributed by atoms with van der Waals surface area (Å²) in [6.07, 6.45) is 0. The molecule has 0 saturated heterocycles. The number of carbonyl (C=O) groups excluding carboxylic acids is 1. The molecule has 0 atom stereocenters. The summed E-state index contributed by atoms with van der Waals surface area (Å²) >= 11 is 5.79. The fourth-order valence-corrected chi connectivity index (χ4v) is 1.81. The van der Waals surface area contributed by atoms with Crippen molar-refractivity contribution in [2.24, 2.45) is 0 Å². The molecule has 0 aromatic heterocycles. The van der Waals surface area contributed by atoms with Gasteiger partial charge in [-0.2, -0.15) is 0 Å². The lowest BCUT2D eigenvalue weighted by molar-refractivity contribution is -0.119. The molecule has 2 aromatic rings. The number of carbonyl (C=O) groups is 1. The number of para-hydroxylation sites is 1. The van der Waals surface area contributed by atoms with E-state index in [-0.39, 0.29) is 12.5 Å². The van der Waals surface area contributed by atoms with Crippen LogP contribution in [-0.4, -0.2) is 25.6 Å². The van der Waals surface area contributed by atoms with E-state index in [2.05, 4.69) is 10.6 Å². The highest BCUT2D eigenvalue weighted by atomic mass is 35.5. The Morgan fingerprint density at radius 1 is 1.05 bits per heavy atom. The molecule has 0 fully saturated rings. The van der Waals surface area contributed by atoms with Gasteiger partial charge < -0.3 is 15.4 Å². The molecule has 0 saturated carbocycles. The minimum Gasteiger partial charge on any atom is -0.492 e. The van der Waals surface area contributed by atoms with Gasteiger partial charge in [-0.15, -0.1) is 0 Å². The zero-order valence-corrected chi connectivity index (χ0v) is 12.3. The van der Waals surface area contributed by atoms with E-state index in [1.54, 1.807) is 12.1 Å². The largest absolute Gasteiger partial charge is 0.492 e. The van der Waals surface area contributed by atoms with Crippen molar-refractivity contribution in [2.45, 2.75) is 0 Å².